The first-order chi connectivity index (χ1) is 10.2. The van der Waals surface area contributed by atoms with Crippen LogP contribution in [0.4, 0.5) is 0 Å². The van der Waals surface area contributed by atoms with Crippen molar-refractivity contribution >= 4 is 11.6 Å². The van der Waals surface area contributed by atoms with Gasteiger partial charge in [0.25, 0.3) is 0 Å². The van der Waals surface area contributed by atoms with E-state index in [9.17, 15) is 0 Å². The SMILES string of the molecule is CN(Cc1cccc(C#CCN)c1)Cc1ccccc1Cl. The summed E-state index contributed by atoms with van der Waals surface area (Å²) in [6.45, 7) is 2.05. The summed E-state index contributed by atoms with van der Waals surface area (Å²) in [4.78, 5) is 2.23. The predicted molar refractivity (Wildman–Crippen MR) is 89.0 cm³/mol. The summed E-state index contributed by atoms with van der Waals surface area (Å²) < 4.78 is 0. The molecule has 3 heteroatoms. The third kappa shape index (κ3) is 4.91. The fourth-order valence-corrected chi connectivity index (χ4v) is 2.38. The normalized spacial score (nSPS) is 10.3. The van der Waals surface area contributed by atoms with Gasteiger partial charge in [0.1, 0.15) is 0 Å². The molecule has 0 radical (unpaired) electrons. The van der Waals surface area contributed by atoms with Crippen molar-refractivity contribution < 1.29 is 0 Å². The second-order valence-electron chi connectivity index (χ2n) is 4.97. The van der Waals surface area contributed by atoms with E-state index in [1.54, 1.807) is 0 Å². The fraction of sp³-hybridized carbons (Fsp3) is 0.222. The van der Waals surface area contributed by atoms with Gasteiger partial charge in [0.15, 0.2) is 0 Å². The molecule has 0 amide bonds. The lowest BCUT2D eigenvalue weighted by atomic mass is 10.1. The minimum absolute atomic E-state index is 0.386. The lowest BCUT2D eigenvalue weighted by Crippen LogP contribution is -2.17. The zero-order valence-corrected chi connectivity index (χ0v) is 12.9. The predicted octanol–water partition coefficient (Wildman–Crippen LogP) is 3.28. The van der Waals surface area contributed by atoms with Gasteiger partial charge in [-0.05, 0) is 36.4 Å². The Balaban J connectivity index is 2.02. The number of benzene rings is 2. The molecular weight excluding hydrogens is 280 g/mol. The Labute approximate surface area is 131 Å². The third-order valence-electron chi connectivity index (χ3n) is 3.11. The molecule has 0 aromatic heterocycles. The van der Waals surface area contributed by atoms with Gasteiger partial charge in [-0.3, -0.25) is 4.90 Å². The Kier molecular flexibility index (Phi) is 5.83. The maximum Gasteiger partial charge on any atom is 0.0555 e. The molecule has 2 rings (SSSR count). The van der Waals surface area contributed by atoms with Crippen LogP contribution in [0.5, 0.6) is 0 Å². The van der Waals surface area contributed by atoms with Gasteiger partial charge in [0, 0.05) is 23.7 Å². The smallest absolute Gasteiger partial charge is 0.0555 e. The van der Waals surface area contributed by atoms with Crippen LogP contribution in [0, 0.1) is 11.8 Å². The van der Waals surface area contributed by atoms with Gasteiger partial charge in [0.05, 0.1) is 6.54 Å². The second kappa shape index (κ2) is 7.85. The Morgan fingerprint density at radius 3 is 2.67 bits per heavy atom. The molecule has 0 spiro atoms. The van der Waals surface area contributed by atoms with Gasteiger partial charge in [-0.25, -0.2) is 0 Å². The topological polar surface area (TPSA) is 29.3 Å². The number of halogens is 1. The summed E-state index contributed by atoms with van der Waals surface area (Å²) in [6.07, 6.45) is 0. The van der Waals surface area contributed by atoms with E-state index < -0.39 is 0 Å². The zero-order chi connectivity index (χ0) is 15.1. The molecule has 0 unspecified atom stereocenters. The van der Waals surface area contributed by atoms with Crippen molar-refractivity contribution in [3.05, 3.63) is 70.2 Å². The molecule has 0 saturated heterocycles. The molecule has 0 heterocycles. The number of hydrogen-bond acceptors (Lipinski definition) is 2. The highest BCUT2D eigenvalue weighted by Crippen LogP contribution is 2.17. The number of nitrogens with two attached hydrogens (primary N) is 1. The molecule has 108 valence electrons. The summed E-state index contributed by atoms with van der Waals surface area (Å²) in [5, 5.41) is 0.812. The Hall–Kier alpha value is -1.79. The van der Waals surface area contributed by atoms with Crippen LogP contribution >= 0.6 is 11.6 Å². The second-order valence-corrected chi connectivity index (χ2v) is 5.38. The van der Waals surface area contributed by atoms with Gasteiger partial charge in [0.2, 0.25) is 0 Å². The quantitative estimate of drug-likeness (QED) is 0.878. The van der Waals surface area contributed by atoms with Gasteiger partial charge >= 0.3 is 0 Å². The monoisotopic (exact) mass is 298 g/mol. The van der Waals surface area contributed by atoms with Crippen LogP contribution in [-0.2, 0) is 13.1 Å². The Bertz CT molecular complexity index is 656. The van der Waals surface area contributed by atoms with Gasteiger partial charge in [-0.1, -0.05) is 53.8 Å². The summed E-state index contributed by atoms with van der Waals surface area (Å²) in [7, 11) is 2.08. The molecule has 0 atom stereocenters. The zero-order valence-electron chi connectivity index (χ0n) is 12.1. The first-order valence-corrected chi connectivity index (χ1v) is 7.26. The highest BCUT2D eigenvalue weighted by molar-refractivity contribution is 6.31. The van der Waals surface area contributed by atoms with E-state index in [-0.39, 0.29) is 0 Å². The van der Waals surface area contributed by atoms with Crippen molar-refractivity contribution in [1.29, 1.82) is 0 Å². The van der Waals surface area contributed by atoms with Crippen LogP contribution in [0.25, 0.3) is 0 Å². The highest BCUT2D eigenvalue weighted by atomic mass is 35.5. The van der Waals surface area contributed by atoms with E-state index in [1.165, 1.54) is 5.56 Å². The van der Waals surface area contributed by atoms with E-state index in [4.69, 9.17) is 17.3 Å². The first kappa shape index (κ1) is 15.6. The average Bonchev–Trinajstić information content (AvgIpc) is 2.48. The van der Waals surface area contributed by atoms with Crippen LogP contribution in [0.3, 0.4) is 0 Å². The summed E-state index contributed by atoms with van der Waals surface area (Å²) in [5.41, 5.74) is 8.77. The molecule has 2 nitrogen and oxygen atoms in total. The molecule has 2 N–H and O–H groups in total. The summed E-state index contributed by atoms with van der Waals surface area (Å²) >= 11 is 6.20. The standard InChI is InChI=1S/C18H19ClN2/c1-21(14-17-9-2-3-10-18(17)19)13-16-7-4-6-15(12-16)8-5-11-20/h2-4,6-7,9-10,12H,11,13-14,20H2,1H3. The van der Waals surface area contributed by atoms with Crippen molar-refractivity contribution in [2.24, 2.45) is 5.73 Å². The lowest BCUT2D eigenvalue weighted by molar-refractivity contribution is 0.319. The van der Waals surface area contributed by atoms with E-state index in [2.05, 4.69) is 42.0 Å². The lowest BCUT2D eigenvalue weighted by Gasteiger charge is -2.17. The molecule has 0 aliphatic heterocycles. The van der Waals surface area contributed by atoms with E-state index in [0.29, 0.717) is 6.54 Å². The van der Waals surface area contributed by atoms with Crippen molar-refractivity contribution in [2.45, 2.75) is 13.1 Å². The number of rotatable bonds is 4. The largest absolute Gasteiger partial charge is 0.320 e. The number of hydrogen-bond donors (Lipinski definition) is 1. The molecule has 2 aromatic carbocycles. The van der Waals surface area contributed by atoms with Crippen LogP contribution in [-0.4, -0.2) is 18.5 Å². The van der Waals surface area contributed by atoms with Gasteiger partial charge in [-0.15, -0.1) is 0 Å². The summed E-state index contributed by atoms with van der Waals surface area (Å²) in [6, 6.07) is 16.2. The van der Waals surface area contributed by atoms with Gasteiger partial charge < -0.3 is 5.73 Å². The van der Waals surface area contributed by atoms with Crippen molar-refractivity contribution in [3.63, 3.8) is 0 Å². The minimum Gasteiger partial charge on any atom is -0.320 e. The fourth-order valence-electron chi connectivity index (χ4n) is 2.19. The molecule has 0 aliphatic rings. The molecule has 0 fully saturated rings. The number of nitrogens with zero attached hydrogens (tertiary/aromatic N) is 1. The van der Waals surface area contributed by atoms with Crippen LogP contribution < -0.4 is 5.73 Å². The Morgan fingerprint density at radius 1 is 1.10 bits per heavy atom. The highest BCUT2D eigenvalue weighted by Gasteiger charge is 2.05. The first-order valence-electron chi connectivity index (χ1n) is 6.89. The molecular formula is C18H19ClN2. The van der Waals surface area contributed by atoms with Crippen molar-refractivity contribution in [1.82, 2.24) is 4.90 Å². The maximum atomic E-state index is 6.20. The van der Waals surface area contributed by atoms with Crippen molar-refractivity contribution in [2.75, 3.05) is 13.6 Å². The molecule has 0 saturated carbocycles. The van der Waals surface area contributed by atoms with Crippen LogP contribution in [0.1, 0.15) is 16.7 Å². The minimum atomic E-state index is 0.386. The average molecular weight is 299 g/mol. The van der Waals surface area contributed by atoms with E-state index in [1.807, 2.05) is 30.3 Å². The molecule has 2 aromatic rings. The molecule has 0 bridgehead atoms. The van der Waals surface area contributed by atoms with Gasteiger partial charge in [-0.2, -0.15) is 0 Å². The third-order valence-corrected chi connectivity index (χ3v) is 3.48. The van der Waals surface area contributed by atoms with Crippen LogP contribution in [0.2, 0.25) is 5.02 Å². The van der Waals surface area contributed by atoms with Crippen LogP contribution in [0.15, 0.2) is 48.5 Å². The van der Waals surface area contributed by atoms with E-state index in [0.717, 1.165) is 29.2 Å². The van der Waals surface area contributed by atoms with E-state index >= 15 is 0 Å². The molecule has 21 heavy (non-hydrogen) atoms. The Morgan fingerprint density at radius 2 is 1.90 bits per heavy atom. The van der Waals surface area contributed by atoms with Crippen molar-refractivity contribution in [3.8, 4) is 11.8 Å². The summed E-state index contributed by atoms with van der Waals surface area (Å²) in [5.74, 6) is 5.94. The molecule has 0 aliphatic carbocycles. The maximum absolute atomic E-state index is 6.20.